The van der Waals surface area contributed by atoms with E-state index in [4.69, 9.17) is 16.3 Å². The molecule has 0 heterocycles. The molecule has 1 amide bonds. The highest BCUT2D eigenvalue weighted by Crippen LogP contribution is 2.19. The second-order valence-electron chi connectivity index (χ2n) is 5.83. The maximum Gasteiger partial charge on any atom is 0.220 e. The Labute approximate surface area is 159 Å². The highest BCUT2D eigenvalue weighted by Gasteiger charge is 2.04. The van der Waals surface area contributed by atoms with Crippen molar-refractivity contribution in [3.8, 4) is 5.75 Å². The Hall–Kier alpha value is -1.65. The van der Waals surface area contributed by atoms with E-state index < -0.39 is 0 Å². The predicted molar refractivity (Wildman–Crippen MR) is 107 cm³/mol. The van der Waals surface area contributed by atoms with Gasteiger partial charge in [0.15, 0.2) is 0 Å². The van der Waals surface area contributed by atoms with E-state index in [1.54, 1.807) is 18.9 Å². The van der Waals surface area contributed by atoms with Crippen LogP contribution < -0.4 is 10.1 Å². The highest BCUT2D eigenvalue weighted by molar-refractivity contribution is 7.98. The SMILES string of the molecule is COc1ccc(CCC(=O)NCCSCc2ccc(Cl)cc2)cc1C. The Morgan fingerprint density at radius 1 is 1.16 bits per heavy atom. The topological polar surface area (TPSA) is 38.3 Å². The second-order valence-corrected chi connectivity index (χ2v) is 7.37. The normalized spacial score (nSPS) is 10.5. The molecule has 0 unspecified atom stereocenters. The molecule has 3 nitrogen and oxygen atoms in total. The van der Waals surface area contributed by atoms with Crippen LogP contribution in [0.3, 0.4) is 0 Å². The van der Waals surface area contributed by atoms with Gasteiger partial charge in [0.2, 0.25) is 5.91 Å². The Balaban J connectivity index is 1.60. The molecule has 0 spiro atoms. The van der Waals surface area contributed by atoms with E-state index in [1.807, 2.05) is 43.3 Å². The molecule has 0 aliphatic rings. The lowest BCUT2D eigenvalue weighted by atomic mass is 10.1. The van der Waals surface area contributed by atoms with Gasteiger partial charge in [-0.1, -0.05) is 35.9 Å². The van der Waals surface area contributed by atoms with E-state index in [0.29, 0.717) is 13.0 Å². The average molecular weight is 378 g/mol. The summed E-state index contributed by atoms with van der Waals surface area (Å²) in [7, 11) is 1.67. The standard InChI is InChI=1S/C20H24ClNO2S/c1-15-13-16(5-9-19(15)24-2)6-10-20(23)22-11-12-25-14-17-3-7-18(21)8-4-17/h3-5,7-9,13H,6,10-12,14H2,1-2H3,(H,22,23). The van der Waals surface area contributed by atoms with Gasteiger partial charge in [0.1, 0.15) is 5.75 Å². The maximum absolute atomic E-state index is 11.9. The van der Waals surface area contributed by atoms with Crippen molar-refractivity contribution in [2.45, 2.75) is 25.5 Å². The first-order valence-electron chi connectivity index (χ1n) is 8.31. The highest BCUT2D eigenvalue weighted by atomic mass is 35.5. The van der Waals surface area contributed by atoms with Gasteiger partial charge in [0, 0.05) is 29.5 Å². The zero-order valence-corrected chi connectivity index (χ0v) is 16.3. The third kappa shape index (κ3) is 7.00. The molecule has 0 bridgehead atoms. The van der Waals surface area contributed by atoms with Gasteiger partial charge < -0.3 is 10.1 Å². The van der Waals surface area contributed by atoms with E-state index in [2.05, 4.69) is 11.4 Å². The van der Waals surface area contributed by atoms with E-state index in [9.17, 15) is 4.79 Å². The van der Waals surface area contributed by atoms with Crippen LogP contribution in [-0.2, 0) is 17.0 Å². The first kappa shape index (κ1) is 19.7. The summed E-state index contributed by atoms with van der Waals surface area (Å²) in [5.74, 6) is 2.81. The number of ether oxygens (including phenoxy) is 1. The van der Waals surface area contributed by atoms with Gasteiger partial charge in [-0.15, -0.1) is 0 Å². The van der Waals surface area contributed by atoms with Crippen molar-refractivity contribution in [2.24, 2.45) is 0 Å². The van der Waals surface area contributed by atoms with E-state index in [0.717, 1.165) is 39.8 Å². The van der Waals surface area contributed by atoms with Gasteiger partial charge in [0.25, 0.3) is 0 Å². The molecule has 2 rings (SSSR count). The molecule has 134 valence electrons. The minimum absolute atomic E-state index is 0.0977. The minimum Gasteiger partial charge on any atom is -0.496 e. The summed E-state index contributed by atoms with van der Waals surface area (Å²) in [6, 6.07) is 13.9. The maximum atomic E-state index is 11.9. The molecule has 0 aliphatic carbocycles. The van der Waals surface area contributed by atoms with Crippen LogP contribution in [0.4, 0.5) is 0 Å². The lowest BCUT2D eigenvalue weighted by Gasteiger charge is -2.08. The molecule has 2 aromatic rings. The molecule has 0 aromatic heterocycles. The van der Waals surface area contributed by atoms with E-state index >= 15 is 0 Å². The quantitative estimate of drug-likeness (QED) is 0.647. The summed E-state index contributed by atoms with van der Waals surface area (Å²) in [6.07, 6.45) is 1.25. The number of aryl methyl sites for hydroxylation is 2. The summed E-state index contributed by atoms with van der Waals surface area (Å²) in [5.41, 5.74) is 3.50. The smallest absolute Gasteiger partial charge is 0.220 e. The zero-order valence-electron chi connectivity index (χ0n) is 14.7. The average Bonchev–Trinajstić information content (AvgIpc) is 2.61. The van der Waals surface area contributed by atoms with Gasteiger partial charge in [-0.2, -0.15) is 11.8 Å². The number of carbonyl (C=O) groups is 1. The van der Waals surface area contributed by atoms with Crippen LogP contribution in [0.25, 0.3) is 0 Å². The summed E-state index contributed by atoms with van der Waals surface area (Å²) in [4.78, 5) is 11.9. The number of methoxy groups -OCH3 is 1. The fraction of sp³-hybridized carbons (Fsp3) is 0.350. The van der Waals surface area contributed by atoms with Gasteiger partial charge >= 0.3 is 0 Å². The van der Waals surface area contributed by atoms with Crippen molar-refractivity contribution >= 4 is 29.3 Å². The molecule has 0 saturated carbocycles. The molecule has 0 radical (unpaired) electrons. The second kappa shape index (κ2) is 10.4. The molecular formula is C20H24ClNO2S. The monoisotopic (exact) mass is 377 g/mol. The van der Waals surface area contributed by atoms with Crippen LogP contribution in [-0.4, -0.2) is 25.3 Å². The number of nitrogens with one attached hydrogen (secondary N) is 1. The number of carbonyl (C=O) groups excluding carboxylic acids is 1. The van der Waals surface area contributed by atoms with Gasteiger partial charge in [0.05, 0.1) is 7.11 Å². The summed E-state index contributed by atoms with van der Waals surface area (Å²) < 4.78 is 5.25. The Bertz CT molecular complexity index is 689. The number of halogens is 1. The molecule has 0 saturated heterocycles. The van der Waals surface area contributed by atoms with E-state index in [1.165, 1.54) is 5.56 Å². The molecule has 1 N–H and O–H groups in total. The first-order chi connectivity index (χ1) is 12.1. The molecule has 0 aliphatic heterocycles. The molecule has 0 fully saturated rings. The van der Waals surface area contributed by atoms with Crippen LogP contribution in [0.2, 0.25) is 5.02 Å². The third-order valence-electron chi connectivity index (χ3n) is 3.85. The van der Waals surface area contributed by atoms with Crippen molar-refractivity contribution < 1.29 is 9.53 Å². The van der Waals surface area contributed by atoms with Crippen molar-refractivity contribution in [1.29, 1.82) is 0 Å². The Morgan fingerprint density at radius 2 is 1.88 bits per heavy atom. The number of thioether (sulfide) groups is 1. The molecule has 0 atom stereocenters. The fourth-order valence-electron chi connectivity index (χ4n) is 2.48. The molecule has 2 aromatic carbocycles. The zero-order chi connectivity index (χ0) is 18.1. The van der Waals surface area contributed by atoms with Crippen molar-refractivity contribution in [3.63, 3.8) is 0 Å². The lowest BCUT2D eigenvalue weighted by molar-refractivity contribution is -0.120. The number of hydrogen-bond acceptors (Lipinski definition) is 3. The number of rotatable bonds is 9. The van der Waals surface area contributed by atoms with Gasteiger partial charge in [-0.05, 0) is 48.2 Å². The Kier molecular flexibility index (Phi) is 8.16. The van der Waals surface area contributed by atoms with Crippen LogP contribution in [0.5, 0.6) is 5.75 Å². The van der Waals surface area contributed by atoms with Crippen molar-refractivity contribution in [3.05, 3.63) is 64.2 Å². The first-order valence-corrected chi connectivity index (χ1v) is 9.84. The number of benzene rings is 2. The predicted octanol–water partition coefficient (Wildman–Crippen LogP) is 4.64. The molecule has 5 heteroatoms. The fourth-order valence-corrected chi connectivity index (χ4v) is 3.42. The Morgan fingerprint density at radius 3 is 2.56 bits per heavy atom. The largest absolute Gasteiger partial charge is 0.496 e. The van der Waals surface area contributed by atoms with Crippen LogP contribution in [0.1, 0.15) is 23.1 Å². The summed E-state index contributed by atoms with van der Waals surface area (Å²) >= 11 is 7.67. The number of hydrogen-bond donors (Lipinski definition) is 1. The summed E-state index contributed by atoms with van der Waals surface area (Å²) in [6.45, 7) is 2.71. The van der Waals surface area contributed by atoms with Gasteiger partial charge in [-0.25, -0.2) is 0 Å². The van der Waals surface area contributed by atoms with E-state index in [-0.39, 0.29) is 5.91 Å². The minimum atomic E-state index is 0.0977. The molecule has 25 heavy (non-hydrogen) atoms. The van der Waals surface area contributed by atoms with Crippen LogP contribution in [0.15, 0.2) is 42.5 Å². The van der Waals surface area contributed by atoms with Crippen molar-refractivity contribution in [1.82, 2.24) is 5.32 Å². The summed E-state index contributed by atoms with van der Waals surface area (Å²) in [5, 5.41) is 3.74. The lowest BCUT2D eigenvalue weighted by Crippen LogP contribution is -2.25. The number of amides is 1. The van der Waals surface area contributed by atoms with Gasteiger partial charge in [-0.3, -0.25) is 4.79 Å². The van der Waals surface area contributed by atoms with Crippen molar-refractivity contribution in [2.75, 3.05) is 19.4 Å². The molecular weight excluding hydrogens is 354 g/mol. The van der Waals surface area contributed by atoms with Crippen LogP contribution >= 0.6 is 23.4 Å². The van der Waals surface area contributed by atoms with Crippen LogP contribution in [0, 0.1) is 6.92 Å². The third-order valence-corrected chi connectivity index (χ3v) is 5.13.